The van der Waals surface area contributed by atoms with Crippen molar-refractivity contribution in [2.45, 2.75) is 20.8 Å². The Kier molecular flexibility index (Phi) is 6.36. The number of fused-ring (bicyclic) bond motifs is 2. The zero-order valence-corrected chi connectivity index (χ0v) is 20.5. The lowest BCUT2D eigenvalue weighted by atomic mass is 10.1. The number of nitrogens with one attached hydrogen (secondary N) is 2. The van der Waals surface area contributed by atoms with Crippen LogP contribution in [-0.4, -0.2) is 33.7 Å². The van der Waals surface area contributed by atoms with Gasteiger partial charge in [0.25, 0.3) is 11.8 Å². The summed E-state index contributed by atoms with van der Waals surface area (Å²) in [5.74, 6) is -0.174. The van der Waals surface area contributed by atoms with Gasteiger partial charge in [0.05, 0.1) is 22.2 Å². The first-order valence-electron chi connectivity index (χ1n) is 9.82. The summed E-state index contributed by atoms with van der Waals surface area (Å²) >= 11 is 6.08. The summed E-state index contributed by atoms with van der Waals surface area (Å²) in [6, 6.07) is 9.80. The minimum atomic E-state index is -0.167. The van der Waals surface area contributed by atoms with Crippen molar-refractivity contribution in [2.24, 2.45) is 5.92 Å². The summed E-state index contributed by atoms with van der Waals surface area (Å²) in [5.41, 5.74) is 3.78. The first-order valence-corrected chi connectivity index (χ1v) is 12.2. The highest BCUT2D eigenvalue weighted by Crippen LogP contribution is 2.32. The van der Waals surface area contributed by atoms with Gasteiger partial charge in [-0.2, -0.15) is 8.75 Å². The first-order chi connectivity index (χ1) is 14.8. The van der Waals surface area contributed by atoms with Gasteiger partial charge in [-0.05, 0) is 60.5 Å². The molecule has 0 spiro atoms. The molecule has 0 aliphatic heterocycles. The second-order valence-corrected chi connectivity index (χ2v) is 10.1. The van der Waals surface area contributed by atoms with Crippen molar-refractivity contribution >= 4 is 71.9 Å². The standard InChI is InChI=1S/C22H21BrN4O2S2/c1-11(9-24-21(28)18-12(2)4-6-16-19(18)27-31-26-16)10-25-22(29)20-13(3)15-8-14(23)5-7-17(15)30-20/h4-8,11H,9-10H2,1-3H3,(H,24,28)(H,25,29)/t11-/m1/s1. The van der Waals surface area contributed by atoms with Gasteiger partial charge in [-0.15, -0.1) is 11.3 Å². The molecule has 0 radical (unpaired) electrons. The largest absolute Gasteiger partial charge is 0.352 e. The van der Waals surface area contributed by atoms with Crippen LogP contribution in [0.4, 0.5) is 0 Å². The molecule has 6 nitrogen and oxygen atoms in total. The molecule has 4 aromatic rings. The van der Waals surface area contributed by atoms with Crippen molar-refractivity contribution < 1.29 is 9.59 Å². The van der Waals surface area contributed by atoms with Crippen LogP contribution in [0.3, 0.4) is 0 Å². The maximum atomic E-state index is 12.7. The molecule has 0 fully saturated rings. The molecule has 2 N–H and O–H groups in total. The van der Waals surface area contributed by atoms with E-state index in [1.165, 1.54) is 11.3 Å². The molecule has 160 valence electrons. The van der Waals surface area contributed by atoms with Crippen LogP contribution in [0, 0.1) is 19.8 Å². The van der Waals surface area contributed by atoms with Crippen molar-refractivity contribution in [1.82, 2.24) is 19.4 Å². The number of hydrogen-bond acceptors (Lipinski definition) is 6. The van der Waals surface area contributed by atoms with Gasteiger partial charge in [0, 0.05) is 22.3 Å². The number of thiophene rings is 1. The fourth-order valence-electron chi connectivity index (χ4n) is 3.42. The van der Waals surface area contributed by atoms with Crippen molar-refractivity contribution in [3.8, 4) is 0 Å². The lowest BCUT2D eigenvalue weighted by molar-refractivity contribution is 0.0944. The fraction of sp³-hybridized carbons (Fsp3) is 0.273. The van der Waals surface area contributed by atoms with Crippen LogP contribution < -0.4 is 10.6 Å². The summed E-state index contributed by atoms with van der Waals surface area (Å²) in [7, 11) is 0. The lowest BCUT2D eigenvalue weighted by Gasteiger charge is -2.14. The third kappa shape index (κ3) is 4.49. The van der Waals surface area contributed by atoms with E-state index in [2.05, 4.69) is 35.3 Å². The Balaban J connectivity index is 1.36. The molecule has 0 aliphatic carbocycles. The highest BCUT2D eigenvalue weighted by atomic mass is 79.9. The smallest absolute Gasteiger partial charge is 0.261 e. The number of halogens is 1. The minimum Gasteiger partial charge on any atom is -0.352 e. The van der Waals surface area contributed by atoms with E-state index in [1.54, 1.807) is 0 Å². The normalized spacial score (nSPS) is 12.3. The molecule has 31 heavy (non-hydrogen) atoms. The molecule has 0 aliphatic rings. The number of hydrogen-bond donors (Lipinski definition) is 2. The van der Waals surface area contributed by atoms with Crippen LogP contribution >= 0.6 is 39.0 Å². The molecule has 1 atom stereocenters. The van der Waals surface area contributed by atoms with Gasteiger partial charge >= 0.3 is 0 Å². The van der Waals surface area contributed by atoms with E-state index in [0.717, 1.165) is 47.8 Å². The van der Waals surface area contributed by atoms with Crippen molar-refractivity contribution in [2.75, 3.05) is 13.1 Å². The summed E-state index contributed by atoms with van der Waals surface area (Å²) in [5, 5.41) is 7.06. The number of carbonyl (C=O) groups excluding carboxylic acids is 2. The zero-order chi connectivity index (χ0) is 22.1. The monoisotopic (exact) mass is 516 g/mol. The summed E-state index contributed by atoms with van der Waals surface area (Å²) in [4.78, 5) is 26.2. The number of carbonyl (C=O) groups is 2. The molecule has 2 amide bonds. The summed E-state index contributed by atoms with van der Waals surface area (Å²) < 4.78 is 10.6. The topological polar surface area (TPSA) is 84.0 Å². The van der Waals surface area contributed by atoms with Gasteiger partial charge in [0.1, 0.15) is 11.0 Å². The van der Waals surface area contributed by atoms with E-state index in [9.17, 15) is 9.59 Å². The fourth-order valence-corrected chi connectivity index (χ4v) is 5.43. The van der Waals surface area contributed by atoms with Crippen LogP contribution in [-0.2, 0) is 0 Å². The van der Waals surface area contributed by atoms with Crippen molar-refractivity contribution in [1.29, 1.82) is 0 Å². The Bertz CT molecular complexity index is 1300. The second kappa shape index (κ2) is 9.02. The van der Waals surface area contributed by atoms with E-state index < -0.39 is 0 Å². The SMILES string of the molecule is Cc1ccc2nsnc2c1C(=O)NC[C@@H](C)CNC(=O)c1sc2ccc(Br)cc2c1C. The molecule has 2 heterocycles. The Morgan fingerprint density at radius 1 is 1.06 bits per heavy atom. The van der Waals surface area contributed by atoms with Gasteiger partial charge in [-0.25, -0.2) is 0 Å². The average Bonchev–Trinajstić information content (AvgIpc) is 3.35. The van der Waals surface area contributed by atoms with Crippen LogP contribution in [0.1, 0.15) is 38.1 Å². The molecular formula is C22H21BrN4O2S2. The van der Waals surface area contributed by atoms with E-state index in [4.69, 9.17) is 0 Å². The van der Waals surface area contributed by atoms with Crippen LogP contribution in [0.15, 0.2) is 34.8 Å². The number of rotatable bonds is 6. The van der Waals surface area contributed by atoms with Gasteiger partial charge < -0.3 is 10.6 Å². The van der Waals surface area contributed by atoms with Crippen LogP contribution in [0.2, 0.25) is 0 Å². The maximum Gasteiger partial charge on any atom is 0.261 e. The highest BCUT2D eigenvalue weighted by Gasteiger charge is 2.18. The van der Waals surface area contributed by atoms with Crippen molar-refractivity contribution in [3.05, 3.63) is 56.4 Å². The van der Waals surface area contributed by atoms with Crippen molar-refractivity contribution in [3.63, 3.8) is 0 Å². The van der Waals surface area contributed by atoms with Gasteiger partial charge in [0.2, 0.25) is 0 Å². The molecular weight excluding hydrogens is 496 g/mol. The summed E-state index contributed by atoms with van der Waals surface area (Å²) in [6.07, 6.45) is 0. The van der Waals surface area contributed by atoms with Gasteiger partial charge in [-0.1, -0.05) is 28.9 Å². The third-order valence-corrected chi connectivity index (χ3v) is 7.50. The van der Waals surface area contributed by atoms with E-state index >= 15 is 0 Å². The number of nitrogens with zero attached hydrogens (tertiary/aromatic N) is 2. The lowest BCUT2D eigenvalue weighted by Crippen LogP contribution is -2.35. The van der Waals surface area contributed by atoms with Crippen LogP contribution in [0.5, 0.6) is 0 Å². The molecule has 0 bridgehead atoms. The third-order valence-electron chi connectivity index (χ3n) is 5.19. The molecule has 2 aromatic carbocycles. The Labute approximate surface area is 196 Å². The predicted octanol–water partition coefficient (Wildman–Crippen LogP) is 5.08. The van der Waals surface area contributed by atoms with Gasteiger partial charge in [0.15, 0.2) is 0 Å². The maximum absolute atomic E-state index is 12.7. The quantitative estimate of drug-likeness (QED) is 0.374. The Hall–Kier alpha value is -2.36. The average molecular weight is 517 g/mol. The zero-order valence-electron chi connectivity index (χ0n) is 17.3. The van der Waals surface area contributed by atoms with Gasteiger partial charge in [-0.3, -0.25) is 9.59 Å². The van der Waals surface area contributed by atoms with Crippen LogP contribution in [0.25, 0.3) is 21.1 Å². The number of aryl methyl sites for hydroxylation is 2. The number of benzene rings is 2. The van der Waals surface area contributed by atoms with E-state index in [-0.39, 0.29) is 17.7 Å². The molecule has 0 saturated carbocycles. The second-order valence-electron chi connectivity index (χ2n) is 7.61. The van der Waals surface area contributed by atoms with E-state index in [0.29, 0.717) is 24.2 Å². The summed E-state index contributed by atoms with van der Waals surface area (Å²) in [6.45, 7) is 6.78. The highest BCUT2D eigenvalue weighted by molar-refractivity contribution is 9.10. The molecule has 2 aromatic heterocycles. The molecule has 4 rings (SSSR count). The van der Waals surface area contributed by atoms with E-state index in [1.807, 2.05) is 51.1 Å². The molecule has 0 unspecified atom stereocenters. The number of amides is 2. The number of aromatic nitrogens is 2. The first kappa shape index (κ1) is 21.9. The Morgan fingerprint density at radius 3 is 2.58 bits per heavy atom. The molecule has 0 saturated heterocycles. The Morgan fingerprint density at radius 2 is 1.81 bits per heavy atom. The molecule has 9 heteroatoms. The predicted molar refractivity (Wildman–Crippen MR) is 130 cm³/mol. The minimum absolute atomic E-state index is 0.0739.